The Bertz CT molecular complexity index is 1770. The molecular formula is C31H28N4O5. The highest BCUT2D eigenvalue weighted by Gasteiger charge is 2.25. The first kappa shape index (κ1) is 26.4. The Labute approximate surface area is 230 Å². The van der Waals surface area contributed by atoms with Crippen molar-refractivity contribution in [2.45, 2.75) is 20.0 Å². The van der Waals surface area contributed by atoms with E-state index in [0.29, 0.717) is 33.7 Å². The van der Waals surface area contributed by atoms with E-state index in [2.05, 4.69) is 5.32 Å². The van der Waals surface area contributed by atoms with Gasteiger partial charge in [-0.1, -0.05) is 36.4 Å². The van der Waals surface area contributed by atoms with Crippen LogP contribution in [0.15, 0.2) is 89.7 Å². The predicted octanol–water partition coefficient (Wildman–Crippen LogP) is 4.89. The number of ether oxygens (including phenoxy) is 2. The summed E-state index contributed by atoms with van der Waals surface area (Å²) in [6, 6.07) is 25.3. The van der Waals surface area contributed by atoms with E-state index in [4.69, 9.17) is 14.5 Å². The molecule has 0 aliphatic heterocycles. The number of amides is 1. The summed E-state index contributed by atoms with van der Waals surface area (Å²) in [5, 5.41) is 3.26. The van der Waals surface area contributed by atoms with Crippen molar-refractivity contribution >= 4 is 28.5 Å². The molecule has 0 spiro atoms. The maximum atomic E-state index is 13.4. The van der Waals surface area contributed by atoms with Gasteiger partial charge in [0, 0.05) is 18.0 Å². The Hall–Kier alpha value is -5.18. The number of benzene rings is 3. The van der Waals surface area contributed by atoms with Gasteiger partial charge in [-0.05, 0) is 62.4 Å². The van der Waals surface area contributed by atoms with E-state index in [-0.39, 0.29) is 16.8 Å². The summed E-state index contributed by atoms with van der Waals surface area (Å²) in [7, 11) is 3.32. The lowest BCUT2D eigenvalue weighted by molar-refractivity contribution is -0.123. The minimum atomic E-state index is -1.17. The van der Waals surface area contributed by atoms with Gasteiger partial charge in [0.2, 0.25) is 0 Å². The third kappa shape index (κ3) is 4.96. The SMILES string of the molecule is COc1ccc(-c2cc(C(=O)O[C@H](C)C(=O)Nc3c(C)n(C)n(-c4ccccc4)c3=O)c3ccccc3n2)cc1. The normalized spacial score (nSPS) is 11.7. The van der Waals surface area contributed by atoms with E-state index in [1.54, 1.807) is 56.1 Å². The molecule has 0 saturated carbocycles. The van der Waals surface area contributed by atoms with E-state index in [9.17, 15) is 14.4 Å². The Morgan fingerprint density at radius 1 is 0.950 bits per heavy atom. The number of carbonyl (C=O) groups excluding carboxylic acids is 2. The molecule has 2 aromatic heterocycles. The number of hydrogen-bond acceptors (Lipinski definition) is 6. The molecule has 0 aliphatic rings. The van der Waals surface area contributed by atoms with Crippen LogP contribution in [-0.2, 0) is 16.6 Å². The smallest absolute Gasteiger partial charge is 0.339 e. The number of aromatic nitrogens is 3. The van der Waals surface area contributed by atoms with Gasteiger partial charge in [0.05, 0.1) is 35.3 Å². The Morgan fingerprint density at radius 3 is 2.33 bits per heavy atom. The number of nitrogens with zero attached hydrogens (tertiary/aromatic N) is 3. The van der Waals surface area contributed by atoms with Crippen molar-refractivity contribution in [3.63, 3.8) is 0 Å². The van der Waals surface area contributed by atoms with Gasteiger partial charge in [-0.25, -0.2) is 14.5 Å². The van der Waals surface area contributed by atoms with Crippen LogP contribution in [0.2, 0.25) is 0 Å². The van der Waals surface area contributed by atoms with Crippen LogP contribution in [0.25, 0.3) is 27.8 Å². The van der Waals surface area contributed by atoms with E-state index in [1.807, 2.05) is 54.6 Å². The molecule has 1 N–H and O–H groups in total. The molecule has 202 valence electrons. The highest BCUT2D eigenvalue weighted by molar-refractivity contribution is 6.06. The minimum Gasteiger partial charge on any atom is -0.497 e. The zero-order chi connectivity index (χ0) is 28.4. The molecule has 5 rings (SSSR count). The molecule has 2 heterocycles. The number of carbonyl (C=O) groups is 2. The number of para-hydroxylation sites is 2. The topological polar surface area (TPSA) is 104 Å². The highest BCUT2D eigenvalue weighted by atomic mass is 16.5. The zero-order valence-corrected chi connectivity index (χ0v) is 22.5. The Morgan fingerprint density at radius 2 is 1.62 bits per heavy atom. The first-order valence-electron chi connectivity index (χ1n) is 12.7. The van der Waals surface area contributed by atoms with Crippen LogP contribution < -0.4 is 15.6 Å². The van der Waals surface area contributed by atoms with Crippen molar-refractivity contribution in [1.82, 2.24) is 14.3 Å². The van der Waals surface area contributed by atoms with Crippen LogP contribution in [0.1, 0.15) is 23.0 Å². The van der Waals surface area contributed by atoms with E-state index in [1.165, 1.54) is 11.6 Å². The number of hydrogen-bond donors (Lipinski definition) is 1. The number of methoxy groups -OCH3 is 1. The van der Waals surface area contributed by atoms with Gasteiger partial charge in [-0.15, -0.1) is 0 Å². The van der Waals surface area contributed by atoms with Crippen LogP contribution in [0.3, 0.4) is 0 Å². The predicted molar refractivity (Wildman–Crippen MR) is 153 cm³/mol. The van der Waals surface area contributed by atoms with Crippen LogP contribution in [0, 0.1) is 6.92 Å². The molecule has 0 aliphatic carbocycles. The fourth-order valence-corrected chi connectivity index (χ4v) is 4.47. The molecule has 0 radical (unpaired) electrons. The maximum Gasteiger partial charge on any atom is 0.339 e. The maximum absolute atomic E-state index is 13.4. The van der Waals surface area contributed by atoms with Gasteiger partial charge < -0.3 is 14.8 Å². The lowest BCUT2D eigenvalue weighted by Gasteiger charge is -2.15. The molecule has 0 unspecified atom stereocenters. The second-order valence-corrected chi connectivity index (χ2v) is 9.27. The van der Waals surface area contributed by atoms with E-state index in [0.717, 1.165) is 5.56 Å². The van der Waals surface area contributed by atoms with Gasteiger partial charge in [0.15, 0.2) is 6.10 Å². The summed E-state index contributed by atoms with van der Waals surface area (Å²) in [6.07, 6.45) is -1.17. The molecule has 5 aromatic rings. The zero-order valence-electron chi connectivity index (χ0n) is 22.5. The van der Waals surface area contributed by atoms with Crippen LogP contribution in [-0.4, -0.2) is 39.4 Å². The van der Waals surface area contributed by atoms with Gasteiger partial charge in [-0.3, -0.25) is 14.3 Å². The lowest BCUT2D eigenvalue weighted by atomic mass is 10.0. The van der Waals surface area contributed by atoms with Gasteiger partial charge in [0.25, 0.3) is 11.5 Å². The third-order valence-electron chi connectivity index (χ3n) is 6.78. The molecule has 1 amide bonds. The number of pyridine rings is 1. The average molecular weight is 537 g/mol. The molecule has 0 fully saturated rings. The molecule has 0 bridgehead atoms. The molecular weight excluding hydrogens is 508 g/mol. The summed E-state index contributed by atoms with van der Waals surface area (Å²) in [6.45, 7) is 3.20. The standard InChI is InChI=1S/C31H28N4O5/c1-19-28(30(37)35(34(19)3)22-10-6-5-7-11-22)33-29(36)20(2)40-31(38)25-18-27(21-14-16-23(39-4)17-15-21)32-26-13-9-8-12-24(25)26/h5-18,20H,1-4H3,(H,33,36)/t20-/m1/s1. The second kappa shape index (κ2) is 10.9. The molecule has 9 nitrogen and oxygen atoms in total. The van der Waals surface area contributed by atoms with Gasteiger partial charge >= 0.3 is 5.97 Å². The van der Waals surface area contributed by atoms with Gasteiger partial charge in [-0.2, -0.15) is 0 Å². The number of rotatable bonds is 7. The number of fused-ring (bicyclic) bond motifs is 1. The largest absolute Gasteiger partial charge is 0.497 e. The molecule has 3 aromatic carbocycles. The van der Waals surface area contributed by atoms with Crippen LogP contribution in [0.5, 0.6) is 5.75 Å². The molecule has 9 heteroatoms. The highest BCUT2D eigenvalue weighted by Crippen LogP contribution is 2.27. The summed E-state index contributed by atoms with van der Waals surface area (Å²) in [5.41, 5.74) is 3.21. The van der Waals surface area contributed by atoms with E-state index < -0.39 is 18.0 Å². The number of esters is 1. The molecule has 0 saturated heterocycles. The monoisotopic (exact) mass is 536 g/mol. The van der Waals surface area contributed by atoms with Crippen molar-refractivity contribution in [2.24, 2.45) is 7.05 Å². The Balaban J connectivity index is 1.40. The van der Waals surface area contributed by atoms with Crippen molar-refractivity contribution in [1.29, 1.82) is 0 Å². The van der Waals surface area contributed by atoms with E-state index >= 15 is 0 Å². The van der Waals surface area contributed by atoms with Gasteiger partial charge in [0.1, 0.15) is 11.4 Å². The molecule has 1 atom stereocenters. The lowest BCUT2D eigenvalue weighted by Crippen LogP contribution is -2.32. The van der Waals surface area contributed by atoms with Crippen LogP contribution in [0.4, 0.5) is 5.69 Å². The molecule has 40 heavy (non-hydrogen) atoms. The summed E-state index contributed by atoms with van der Waals surface area (Å²) in [4.78, 5) is 44.3. The third-order valence-corrected chi connectivity index (χ3v) is 6.78. The first-order valence-corrected chi connectivity index (χ1v) is 12.7. The fourth-order valence-electron chi connectivity index (χ4n) is 4.47. The fraction of sp³-hybridized carbons (Fsp3) is 0.161. The minimum absolute atomic E-state index is 0.121. The van der Waals surface area contributed by atoms with Crippen molar-refractivity contribution < 1.29 is 19.1 Å². The number of nitrogens with one attached hydrogen (secondary N) is 1. The van der Waals surface area contributed by atoms with Crippen molar-refractivity contribution in [3.8, 4) is 22.7 Å². The Kier molecular flexibility index (Phi) is 7.20. The van der Waals surface area contributed by atoms with Crippen molar-refractivity contribution in [2.75, 3.05) is 12.4 Å². The summed E-state index contributed by atoms with van der Waals surface area (Å²) < 4.78 is 14.0. The van der Waals surface area contributed by atoms with Crippen molar-refractivity contribution in [3.05, 3.63) is 107 Å². The summed E-state index contributed by atoms with van der Waals surface area (Å²) >= 11 is 0. The first-order chi connectivity index (χ1) is 19.3. The average Bonchev–Trinajstić information content (AvgIpc) is 3.19. The van der Waals surface area contributed by atoms with Crippen LogP contribution >= 0.6 is 0 Å². The summed E-state index contributed by atoms with van der Waals surface area (Å²) in [5.74, 6) is -0.594. The number of anilines is 1. The quantitative estimate of drug-likeness (QED) is 0.297. The second-order valence-electron chi connectivity index (χ2n) is 9.27.